The number of guanidine groups is 1. The summed E-state index contributed by atoms with van der Waals surface area (Å²) in [6, 6.07) is 7.67. The lowest BCUT2D eigenvalue weighted by Crippen LogP contribution is -2.35. The highest BCUT2D eigenvalue weighted by atomic mass is 32.1. The zero-order valence-electron chi connectivity index (χ0n) is 9.96. The summed E-state index contributed by atoms with van der Waals surface area (Å²) in [6.45, 7) is 0.465. The van der Waals surface area contributed by atoms with E-state index < -0.39 is 0 Å². The number of rotatable bonds is 4. The molecule has 0 radical (unpaired) electrons. The largest absolute Gasteiger partial charge is 0.496 e. The molecule has 2 rings (SSSR count). The second-order valence-electron chi connectivity index (χ2n) is 3.60. The van der Waals surface area contributed by atoms with Crippen LogP contribution in [-0.2, 0) is 6.54 Å². The molecule has 0 atom stereocenters. The molecule has 94 valence electrons. The zero-order chi connectivity index (χ0) is 13.0. The molecule has 0 aliphatic carbocycles. The highest BCUT2D eigenvalue weighted by Gasteiger charge is 2.14. The monoisotopic (exact) mass is 262 g/mol. The van der Waals surface area contributed by atoms with E-state index in [1.807, 2.05) is 29.6 Å². The first kappa shape index (κ1) is 12.4. The predicted molar refractivity (Wildman–Crippen MR) is 73.2 cm³/mol. The van der Waals surface area contributed by atoms with Crippen molar-refractivity contribution in [3.05, 3.63) is 41.4 Å². The van der Waals surface area contributed by atoms with E-state index >= 15 is 0 Å². The van der Waals surface area contributed by atoms with Gasteiger partial charge in [0.05, 0.1) is 13.7 Å². The maximum Gasteiger partial charge on any atom is 0.195 e. The van der Waals surface area contributed by atoms with Crippen molar-refractivity contribution in [3.8, 4) is 5.75 Å². The van der Waals surface area contributed by atoms with Gasteiger partial charge in [-0.3, -0.25) is 10.3 Å². The smallest absolute Gasteiger partial charge is 0.195 e. The molecule has 0 saturated carbocycles. The van der Waals surface area contributed by atoms with E-state index in [1.165, 1.54) is 11.3 Å². The number of hydrogen-bond donors (Lipinski definition) is 2. The van der Waals surface area contributed by atoms with Crippen molar-refractivity contribution in [2.45, 2.75) is 6.54 Å². The molecule has 0 saturated heterocycles. The normalized spacial score (nSPS) is 10.1. The number of nitrogens with zero attached hydrogens (tertiary/aromatic N) is 2. The Morgan fingerprint density at radius 3 is 2.89 bits per heavy atom. The van der Waals surface area contributed by atoms with Gasteiger partial charge in [0.2, 0.25) is 0 Å². The minimum Gasteiger partial charge on any atom is -0.496 e. The van der Waals surface area contributed by atoms with Crippen molar-refractivity contribution in [2.75, 3.05) is 12.0 Å². The fourth-order valence-electron chi connectivity index (χ4n) is 1.61. The highest BCUT2D eigenvalue weighted by molar-refractivity contribution is 7.13. The van der Waals surface area contributed by atoms with Crippen LogP contribution in [0, 0.1) is 5.41 Å². The molecule has 0 bridgehead atoms. The number of hydrogen-bond acceptors (Lipinski definition) is 4. The lowest BCUT2D eigenvalue weighted by molar-refractivity contribution is 0.410. The summed E-state index contributed by atoms with van der Waals surface area (Å²) in [4.78, 5) is 5.81. The molecule has 1 heterocycles. The molecule has 3 N–H and O–H groups in total. The van der Waals surface area contributed by atoms with Gasteiger partial charge >= 0.3 is 0 Å². The van der Waals surface area contributed by atoms with Crippen LogP contribution < -0.4 is 15.4 Å². The SMILES string of the molecule is COc1ccccc1CN(C(=N)N)c1nccs1. The number of anilines is 1. The summed E-state index contributed by atoms with van der Waals surface area (Å²) < 4.78 is 5.29. The number of nitrogens with one attached hydrogen (secondary N) is 1. The summed E-state index contributed by atoms with van der Waals surface area (Å²) in [5.41, 5.74) is 6.57. The predicted octanol–water partition coefficient (Wildman–Crippen LogP) is 2.05. The fraction of sp³-hybridized carbons (Fsp3) is 0.167. The average Bonchev–Trinajstić information content (AvgIpc) is 2.89. The molecule has 0 aliphatic rings. The number of methoxy groups -OCH3 is 1. The Kier molecular flexibility index (Phi) is 3.78. The maximum atomic E-state index is 7.63. The first-order chi connectivity index (χ1) is 8.72. The lowest BCUT2D eigenvalue weighted by Gasteiger charge is -2.20. The van der Waals surface area contributed by atoms with Crippen LogP contribution in [0.15, 0.2) is 35.8 Å². The van der Waals surface area contributed by atoms with Crippen LogP contribution in [0.2, 0.25) is 0 Å². The van der Waals surface area contributed by atoms with E-state index in [4.69, 9.17) is 15.9 Å². The molecule has 0 fully saturated rings. The van der Waals surface area contributed by atoms with E-state index in [0.717, 1.165) is 11.3 Å². The van der Waals surface area contributed by atoms with Crippen molar-refractivity contribution in [3.63, 3.8) is 0 Å². The van der Waals surface area contributed by atoms with Gasteiger partial charge in [0.25, 0.3) is 0 Å². The third-order valence-corrected chi connectivity index (χ3v) is 3.26. The van der Waals surface area contributed by atoms with E-state index in [0.29, 0.717) is 11.7 Å². The van der Waals surface area contributed by atoms with Crippen molar-refractivity contribution in [2.24, 2.45) is 5.73 Å². The summed E-state index contributed by atoms with van der Waals surface area (Å²) in [5, 5.41) is 10.2. The minimum absolute atomic E-state index is 0.0316. The molecule has 2 aromatic rings. The number of para-hydroxylation sites is 1. The number of ether oxygens (including phenoxy) is 1. The summed E-state index contributed by atoms with van der Waals surface area (Å²) in [5.74, 6) is 0.746. The van der Waals surface area contributed by atoms with Gasteiger partial charge in [-0.05, 0) is 6.07 Å². The van der Waals surface area contributed by atoms with Gasteiger partial charge in [-0.25, -0.2) is 4.98 Å². The third kappa shape index (κ3) is 2.60. The maximum absolute atomic E-state index is 7.63. The summed E-state index contributed by atoms with van der Waals surface area (Å²) in [6.07, 6.45) is 1.69. The summed E-state index contributed by atoms with van der Waals surface area (Å²) >= 11 is 1.45. The van der Waals surface area contributed by atoms with Crippen molar-refractivity contribution in [1.82, 2.24) is 4.98 Å². The van der Waals surface area contributed by atoms with Gasteiger partial charge in [0.1, 0.15) is 5.75 Å². The average molecular weight is 262 g/mol. The molecule has 0 unspecified atom stereocenters. The first-order valence-electron chi connectivity index (χ1n) is 5.35. The van der Waals surface area contributed by atoms with Crippen LogP contribution >= 0.6 is 11.3 Å². The molecular weight excluding hydrogens is 248 g/mol. The Morgan fingerprint density at radius 2 is 2.28 bits per heavy atom. The van der Waals surface area contributed by atoms with Crippen LogP contribution in [0.25, 0.3) is 0 Å². The van der Waals surface area contributed by atoms with E-state index in [-0.39, 0.29) is 5.96 Å². The molecular formula is C12H14N4OS. The summed E-state index contributed by atoms with van der Waals surface area (Å²) in [7, 11) is 1.63. The van der Waals surface area contributed by atoms with Gasteiger partial charge < -0.3 is 10.5 Å². The standard InChI is InChI=1S/C12H14N4OS/c1-17-10-5-3-2-4-9(10)8-16(11(13)14)12-15-6-7-18-12/h2-7H,8H2,1H3,(H3,13,14). The highest BCUT2D eigenvalue weighted by Crippen LogP contribution is 2.24. The Morgan fingerprint density at radius 1 is 1.50 bits per heavy atom. The van der Waals surface area contributed by atoms with Gasteiger partial charge in [-0.2, -0.15) is 0 Å². The van der Waals surface area contributed by atoms with Crippen molar-refractivity contribution in [1.29, 1.82) is 5.41 Å². The van der Waals surface area contributed by atoms with E-state index in [2.05, 4.69) is 4.98 Å². The van der Waals surface area contributed by atoms with E-state index in [9.17, 15) is 0 Å². The number of thiazole rings is 1. The fourth-order valence-corrected chi connectivity index (χ4v) is 2.26. The van der Waals surface area contributed by atoms with E-state index in [1.54, 1.807) is 18.2 Å². The molecule has 0 spiro atoms. The van der Waals surface area contributed by atoms with Gasteiger partial charge in [-0.1, -0.05) is 18.2 Å². The third-order valence-electron chi connectivity index (χ3n) is 2.46. The van der Waals surface area contributed by atoms with Crippen LogP contribution in [0.3, 0.4) is 0 Å². The molecule has 0 amide bonds. The molecule has 18 heavy (non-hydrogen) atoms. The molecule has 1 aromatic heterocycles. The van der Waals surface area contributed by atoms with Crippen LogP contribution in [0.5, 0.6) is 5.75 Å². The molecule has 5 nitrogen and oxygen atoms in total. The first-order valence-corrected chi connectivity index (χ1v) is 6.23. The molecule has 0 aliphatic heterocycles. The number of aromatic nitrogens is 1. The lowest BCUT2D eigenvalue weighted by atomic mass is 10.2. The topological polar surface area (TPSA) is 75.2 Å². The Bertz CT molecular complexity index is 527. The minimum atomic E-state index is -0.0316. The van der Waals surface area contributed by atoms with Gasteiger partial charge in [-0.15, -0.1) is 11.3 Å². The van der Waals surface area contributed by atoms with Gasteiger partial charge in [0.15, 0.2) is 11.1 Å². The van der Waals surface area contributed by atoms with Crippen molar-refractivity contribution >= 4 is 22.4 Å². The Hall–Kier alpha value is -2.08. The molecule has 1 aromatic carbocycles. The van der Waals surface area contributed by atoms with Crippen LogP contribution in [0.1, 0.15) is 5.56 Å². The molecule has 6 heteroatoms. The zero-order valence-corrected chi connectivity index (χ0v) is 10.8. The van der Waals surface area contributed by atoms with Gasteiger partial charge in [0, 0.05) is 17.1 Å². The van der Waals surface area contributed by atoms with Crippen molar-refractivity contribution < 1.29 is 4.74 Å². The number of nitrogens with two attached hydrogens (primary N) is 1. The number of benzene rings is 1. The van der Waals surface area contributed by atoms with Crippen LogP contribution in [-0.4, -0.2) is 18.1 Å². The second kappa shape index (κ2) is 5.50. The Labute approximate surface area is 109 Å². The quantitative estimate of drug-likeness (QED) is 0.653. The van der Waals surface area contributed by atoms with Crippen LogP contribution in [0.4, 0.5) is 5.13 Å². The second-order valence-corrected chi connectivity index (χ2v) is 4.47. The Balaban J connectivity index is 2.27.